The first-order valence-electron chi connectivity index (χ1n) is 5.07. The van der Waals surface area contributed by atoms with E-state index in [2.05, 4.69) is 10.3 Å². The van der Waals surface area contributed by atoms with Crippen LogP contribution in [0.25, 0.3) is 0 Å². The molecule has 1 saturated carbocycles. The number of amides is 1. The summed E-state index contributed by atoms with van der Waals surface area (Å²) in [5.41, 5.74) is 0. The molecule has 1 aliphatic carbocycles. The van der Waals surface area contributed by atoms with Crippen molar-refractivity contribution in [2.24, 2.45) is 0 Å². The van der Waals surface area contributed by atoms with Gasteiger partial charge >= 0.3 is 6.09 Å². The fourth-order valence-electron chi connectivity index (χ4n) is 2.07. The van der Waals surface area contributed by atoms with Gasteiger partial charge in [0.15, 0.2) is 5.89 Å². The van der Waals surface area contributed by atoms with Crippen molar-refractivity contribution < 1.29 is 14.3 Å². The average Bonchev–Trinajstić information content (AvgIpc) is 2.72. The molecule has 1 unspecified atom stereocenters. The van der Waals surface area contributed by atoms with E-state index >= 15 is 0 Å². The highest BCUT2D eigenvalue weighted by Crippen LogP contribution is 2.33. The van der Waals surface area contributed by atoms with E-state index in [1.54, 1.807) is 6.20 Å². The molecule has 1 aromatic heterocycles. The van der Waals surface area contributed by atoms with Gasteiger partial charge in [0.05, 0.1) is 6.20 Å². The van der Waals surface area contributed by atoms with Gasteiger partial charge in [-0.05, 0) is 26.2 Å². The second-order valence-electron chi connectivity index (χ2n) is 3.97. The van der Waals surface area contributed by atoms with Gasteiger partial charge in [-0.1, -0.05) is 0 Å². The summed E-state index contributed by atoms with van der Waals surface area (Å²) < 4.78 is 5.43. The monoisotopic (exact) mass is 210 g/mol. The molecular formula is C10H14N2O3. The smallest absolute Gasteiger partial charge is 0.404 e. The number of hydrogen-bond acceptors (Lipinski definition) is 3. The minimum Gasteiger partial charge on any atom is -0.465 e. The summed E-state index contributed by atoms with van der Waals surface area (Å²) >= 11 is 0. The summed E-state index contributed by atoms with van der Waals surface area (Å²) in [5.74, 6) is 1.80. The summed E-state index contributed by atoms with van der Waals surface area (Å²) in [6.45, 7) is 1.86. The standard InChI is InChI=1S/C10H14N2O3/c1-6-5-11-9(15-6)7-2-3-8(4-7)12-10(13)14/h5,7-8,12H,2-4H2,1H3,(H,13,14)/t7-,8?/m1/s1. The Morgan fingerprint density at radius 2 is 2.47 bits per heavy atom. The predicted octanol–water partition coefficient (Wildman–Crippen LogP) is 1.89. The third kappa shape index (κ3) is 2.29. The first-order chi connectivity index (χ1) is 7.15. The Balaban J connectivity index is 1.95. The molecule has 0 aromatic carbocycles. The molecule has 2 N–H and O–H groups in total. The van der Waals surface area contributed by atoms with Crippen LogP contribution in [0, 0.1) is 6.92 Å². The highest BCUT2D eigenvalue weighted by atomic mass is 16.4. The van der Waals surface area contributed by atoms with Crippen molar-refractivity contribution >= 4 is 6.09 Å². The average molecular weight is 210 g/mol. The minimum atomic E-state index is -0.954. The second-order valence-corrected chi connectivity index (χ2v) is 3.97. The van der Waals surface area contributed by atoms with Gasteiger partial charge in [-0.3, -0.25) is 0 Å². The molecule has 0 aliphatic heterocycles. The predicted molar refractivity (Wildman–Crippen MR) is 52.8 cm³/mol. The van der Waals surface area contributed by atoms with E-state index in [1.807, 2.05) is 6.92 Å². The zero-order valence-electron chi connectivity index (χ0n) is 8.56. The van der Waals surface area contributed by atoms with Gasteiger partial charge in [-0.15, -0.1) is 0 Å². The summed E-state index contributed by atoms with van der Waals surface area (Å²) in [6.07, 6.45) is 3.33. The van der Waals surface area contributed by atoms with Crippen LogP contribution in [0.2, 0.25) is 0 Å². The molecule has 0 radical (unpaired) electrons. The maximum absolute atomic E-state index is 10.5. The van der Waals surface area contributed by atoms with Gasteiger partial charge in [-0.25, -0.2) is 9.78 Å². The van der Waals surface area contributed by atoms with Crippen molar-refractivity contribution in [2.45, 2.75) is 38.1 Å². The Hall–Kier alpha value is -1.52. The summed E-state index contributed by atoms with van der Waals surface area (Å²) in [4.78, 5) is 14.6. The van der Waals surface area contributed by atoms with Gasteiger partial charge < -0.3 is 14.8 Å². The number of aromatic nitrogens is 1. The lowest BCUT2D eigenvalue weighted by Gasteiger charge is -2.08. The second kappa shape index (κ2) is 3.92. The molecule has 2 atom stereocenters. The zero-order valence-corrected chi connectivity index (χ0v) is 8.56. The molecule has 1 aliphatic rings. The molecule has 15 heavy (non-hydrogen) atoms. The van der Waals surface area contributed by atoms with Crippen molar-refractivity contribution in [3.8, 4) is 0 Å². The number of oxazole rings is 1. The first-order valence-corrected chi connectivity index (χ1v) is 5.07. The normalized spacial score (nSPS) is 25.4. The molecule has 1 heterocycles. The van der Waals surface area contributed by atoms with Crippen LogP contribution >= 0.6 is 0 Å². The number of aryl methyl sites for hydroxylation is 1. The van der Waals surface area contributed by atoms with Gasteiger partial charge in [-0.2, -0.15) is 0 Å². The van der Waals surface area contributed by atoms with E-state index in [4.69, 9.17) is 9.52 Å². The lowest BCUT2D eigenvalue weighted by Crippen LogP contribution is -2.31. The maximum Gasteiger partial charge on any atom is 0.404 e. The van der Waals surface area contributed by atoms with Crippen molar-refractivity contribution in [2.75, 3.05) is 0 Å². The summed E-state index contributed by atoms with van der Waals surface area (Å²) in [5, 5.41) is 11.1. The fourth-order valence-corrected chi connectivity index (χ4v) is 2.07. The Kier molecular flexibility index (Phi) is 2.62. The topological polar surface area (TPSA) is 75.4 Å². The van der Waals surface area contributed by atoms with Crippen LogP contribution < -0.4 is 5.32 Å². The molecule has 0 spiro atoms. The van der Waals surface area contributed by atoms with E-state index in [0.717, 1.165) is 30.9 Å². The lowest BCUT2D eigenvalue weighted by atomic mass is 10.1. The fraction of sp³-hybridized carbons (Fsp3) is 0.600. The number of nitrogens with one attached hydrogen (secondary N) is 1. The number of rotatable bonds is 2. The van der Waals surface area contributed by atoms with E-state index in [1.165, 1.54) is 0 Å². The molecule has 0 bridgehead atoms. The molecule has 1 fully saturated rings. The Morgan fingerprint density at radius 1 is 1.67 bits per heavy atom. The number of carboxylic acid groups (broad SMARTS) is 1. The molecule has 5 nitrogen and oxygen atoms in total. The van der Waals surface area contributed by atoms with Crippen LogP contribution in [0.15, 0.2) is 10.6 Å². The third-order valence-corrected chi connectivity index (χ3v) is 2.75. The van der Waals surface area contributed by atoms with Crippen molar-refractivity contribution in [3.63, 3.8) is 0 Å². The van der Waals surface area contributed by atoms with Gasteiger partial charge in [0.1, 0.15) is 5.76 Å². The SMILES string of the molecule is Cc1cnc([C@@H]2CCC(NC(=O)O)C2)o1. The van der Waals surface area contributed by atoms with Gasteiger partial charge in [0.2, 0.25) is 0 Å². The molecule has 2 rings (SSSR count). The van der Waals surface area contributed by atoms with Crippen LogP contribution in [0.4, 0.5) is 4.79 Å². The highest BCUT2D eigenvalue weighted by Gasteiger charge is 2.29. The van der Waals surface area contributed by atoms with Crippen molar-refractivity contribution in [1.29, 1.82) is 0 Å². The Labute approximate surface area is 87.5 Å². The largest absolute Gasteiger partial charge is 0.465 e. The van der Waals surface area contributed by atoms with Crippen LogP contribution in [-0.4, -0.2) is 22.2 Å². The quantitative estimate of drug-likeness (QED) is 0.781. The van der Waals surface area contributed by atoms with Gasteiger partial charge in [0, 0.05) is 12.0 Å². The van der Waals surface area contributed by atoms with Gasteiger partial charge in [0.25, 0.3) is 0 Å². The Bertz CT molecular complexity index is 361. The van der Waals surface area contributed by atoms with E-state index in [9.17, 15) is 4.79 Å². The van der Waals surface area contributed by atoms with Crippen LogP contribution in [0.3, 0.4) is 0 Å². The van der Waals surface area contributed by atoms with Crippen LogP contribution in [-0.2, 0) is 0 Å². The number of carbonyl (C=O) groups is 1. The number of nitrogens with zero attached hydrogens (tertiary/aromatic N) is 1. The summed E-state index contributed by atoms with van der Waals surface area (Å²) in [7, 11) is 0. The molecule has 1 amide bonds. The van der Waals surface area contributed by atoms with E-state index < -0.39 is 6.09 Å². The molecule has 5 heteroatoms. The van der Waals surface area contributed by atoms with Crippen LogP contribution in [0.1, 0.15) is 36.8 Å². The molecule has 0 saturated heterocycles. The molecular weight excluding hydrogens is 196 g/mol. The van der Waals surface area contributed by atoms with E-state index in [0.29, 0.717) is 0 Å². The van der Waals surface area contributed by atoms with Crippen molar-refractivity contribution in [1.82, 2.24) is 10.3 Å². The maximum atomic E-state index is 10.5. The Morgan fingerprint density at radius 3 is 3.07 bits per heavy atom. The zero-order chi connectivity index (χ0) is 10.8. The number of hydrogen-bond donors (Lipinski definition) is 2. The van der Waals surface area contributed by atoms with Crippen molar-refractivity contribution in [3.05, 3.63) is 17.8 Å². The first kappa shape index (κ1) is 10.0. The highest BCUT2D eigenvalue weighted by molar-refractivity contribution is 5.64. The lowest BCUT2D eigenvalue weighted by molar-refractivity contribution is 0.190. The minimum absolute atomic E-state index is 0.0414. The molecule has 1 aromatic rings. The summed E-state index contributed by atoms with van der Waals surface area (Å²) in [6, 6.07) is 0.0414. The third-order valence-electron chi connectivity index (χ3n) is 2.75. The van der Waals surface area contributed by atoms with E-state index in [-0.39, 0.29) is 12.0 Å². The van der Waals surface area contributed by atoms with Crippen LogP contribution in [0.5, 0.6) is 0 Å². The molecule has 82 valence electrons.